The normalized spacial score (nSPS) is 12.8. The number of nitrogens with two attached hydrogens (primary N) is 2. The molecule has 0 spiro atoms. The zero-order valence-corrected chi connectivity index (χ0v) is 8.12. The lowest BCUT2D eigenvalue weighted by Crippen LogP contribution is -2.13. The summed E-state index contributed by atoms with van der Waals surface area (Å²) >= 11 is 0. The molecule has 0 radical (unpaired) electrons. The zero-order chi connectivity index (χ0) is 10.4. The van der Waals surface area contributed by atoms with E-state index in [1.54, 1.807) is 12.1 Å². The molecule has 1 heterocycles. The number of rotatable bonds is 5. The molecule has 0 saturated carbocycles. The van der Waals surface area contributed by atoms with Crippen LogP contribution >= 0.6 is 0 Å². The van der Waals surface area contributed by atoms with Crippen molar-refractivity contribution in [3.05, 3.63) is 29.8 Å². The first-order chi connectivity index (χ1) is 6.75. The molecule has 1 atom stereocenters. The molecule has 0 aliphatic carbocycles. The van der Waals surface area contributed by atoms with E-state index in [-0.39, 0.29) is 6.04 Å². The van der Waals surface area contributed by atoms with Crippen LogP contribution in [-0.2, 0) is 0 Å². The quantitative estimate of drug-likeness (QED) is 0.553. The predicted octanol–water partition coefficient (Wildman–Crippen LogP) is 1.35. The highest BCUT2D eigenvalue weighted by Crippen LogP contribution is 2.17. The van der Waals surface area contributed by atoms with Gasteiger partial charge in [0.1, 0.15) is 0 Å². The van der Waals surface area contributed by atoms with Crippen LogP contribution in [-0.4, -0.2) is 11.5 Å². The smallest absolute Gasteiger partial charge is 0.217 e. The van der Waals surface area contributed by atoms with Crippen molar-refractivity contribution in [3.63, 3.8) is 0 Å². The fraction of sp³-hybridized carbons (Fsp3) is 0.500. The Hall–Kier alpha value is -1.00. The summed E-state index contributed by atoms with van der Waals surface area (Å²) in [6.07, 6.45) is 4.02. The third-order valence-electron chi connectivity index (χ3n) is 2.16. The summed E-state index contributed by atoms with van der Waals surface area (Å²) in [5.74, 6) is -0.465. The Morgan fingerprint density at radius 3 is 2.86 bits per heavy atom. The van der Waals surface area contributed by atoms with Crippen molar-refractivity contribution in [2.75, 3.05) is 6.54 Å². The van der Waals surface area contributed by atoms with Gasteiger partial charge in [0.15, 0.2) is 0 Å². The van der Waals surface area contributed by atoms with Crippen molar-refractivity contribution in [2.24, 2.45) is 11.5 Å². The summed E-state index contributed by atoms with van der Waals surface area (Å²) in [6.45, 7) is 0.655. The maximum atomic E-state index is 13.1. The minimum Gasteiger partial charge on any atom is -0.330 e. The van der Waals surface area contributed by atoms with Crippen molar-refractivity contribution in [1.29, 1.82) is 0 Å². The molecular weight excluding hydrogens is 181 g/mol. The van der Waals surface area contributed by atoms with Crippen LogP contribution in [0.1, 0.15) is 30.9 Å². The Bertz CT molecular complexity index is 278. The van der Waals surface area contributed by atoms with Gasteiger partial charge in [-0.15, -0.1) is 0 Å². The van der Waals surface area contributed by atoms with E-state index in [1.165, 1.54) is 6.20 Å². The van der Waals surface area contributed by atoms with Gasteiger partial charge in [0, 0.05) is 17.8 Å². The van der Waals surface area contributed by atoms with E-state index in [4.69, 9.17) is 11.5 Å². The van der Waals surface area contributed by atoms with Crippen molar-refractivity contribution < 1.29 is 4.39 Å². The highest BCUT2D eigenvalue weighted by molar-refractivity contribution is 5.14. The summed E-state index contributed by atoms with van der Waals surface area (Å²) in [4.78, 5) is 3.56. The largest absolute Gasteiger partial charge is 0.330 e. The third-order valence-corrected chi connectivity index (χ3v) is 2.16. The van der Waals surface area contributed by atoms with Gasteiger partial charge in [-0.2, -0.15) is 4.39 Å². The van der Waals surface area contributed by atoms with Gasteiger partial charge in [0.25, 0.3) is 0 Å². The van der Waals surface area contributed by atoms with Crippen molar-refractivity contribution in [1.82, 2.24) is 4.98 Å². The van der Waals surface area contributed by atoms with Crippen LogP contribution < -0.4 is 11.5 Å². The van der Waals surface area contributed by atoms with E-state index < -0.39 is 5.95 Å². The van der Waals surface area contributed by atoms with Crippen LogP contribution in [0.15, 0.2) is 18.3 Å². The minimum absolute atomic E-state index is 0.268. The van der Waals surface area contributed by atoms with Gasteiger partial charge in [-0.25, -0.2) is 4.98 Å². The van der Waals surface area contributed by atoms with Gasteiger partial charge >= 0.3 is 0 Å². The van der Waals surface area contributed by atoms with E-state index in [0.717, 1.165) is 19.3 Å². The van der Waals surface area contributed by atoms with Crippen molar-refractivity contribution in [2.45, 2.75) is 25.3 Å². The molecule has 4 heteroatoms. The number of nitrogens with zero attached hydrogens (tertiary/aromatic N) is 1. The second-order valence-electron chi connectivity index (χ2n) is 3.27. The number of pyridine rings is 1. The number of hydrogen-bond acceptors (Lipinski definition) is 3. The van der Waals surface area contributed by atoms with E-state index in [1.807, 2.05) is 0 Å². The molecule has 14 heavy (non-hydrogen) atoms. The summed E-state index contributed by atoms with van der Waals surface area (Å²) in [5.41, 5.74) is 11.7. The molecule has 0 amide bonds. The Labute approximate surface area is 83.3 Å². The fourth-order valence-electron chi connectivity index (χ4n) is 1.34. The number of halogens is 1. The molecule has 0 bridgehead atoms. The summed E-state index contributed by atoms with van der Waals surface area (Å²) < 4.78 is 13.1. The lowest BCUT2D eigenvalue weighted by Gasteiger charge is -2.11. The molecule has 0 saturated heterocycles. The molecule has 4 N–H and O–H groups in total. The van der Waals surface area contributed by atoms with E-state index in [9.17, 15) is 4.39 Å². The van der Waals surface area contributed by atoms with Crippen LogP contribution in [0.4, 0.5) is 4.39 Å². The molecule has 0 unspecified atom stereocenters. The topological polar surface area (TPSA) is 64.9 Å². The highest BCUT2D eigenvalue weighted by Gasteiger charge is 2.10. The van der Waals surface area contributed by atoms with E-state index in [2.05, 4.69) is 4.98 Å². The Kier molecular flexibility index (Phi) is 4.49. The van der Waals surface area contributed by atoms with Crippen LogP contribution in [0.3, 0.4) is 0 Å². The molecule has 1 aromatic rings. The molecule has 0 aliphatic heterocycles. The summed E-state index contributed by atoms with van der Waals surface area (Å²) in [7, 11) is 0. The number of hydrogen-bond donors (Lipinski definition) is 2. The van der Waals surface area contributed by atoms with Gasteiger partial charge < -0.3 is 11.5 Å². The SMILES string of the molecule is NCCCC[C@@H](N)c1cccnc1F. The standard InChI is InChI=1S/C10H16FN3/c11-10-8(4-3-7-14-10)9(13)5-1-2-6-12/h3-4,7,9H,1-2,5-6,12-13H2/t9-/m1/s1. The predicted molar refractivity (Wildman–Crippen MR) is 54.0 cm³/mol. The Morgan fingerprint density at radius 1 is 1.43 bits per heavy atom. The van der Waals surface area contributed by atoms with Crippen LogP contribution in [0.5, 0.6) is 0 Å². The zero-order valence-electron chi connectivity index (χ0n) is 8.12. The molecule has 78 valence electrons. The summed E-state index contributed by atoms with van der Waals surface area (Å²) in [5, 5.41) is 0. The molecule has 0 aromatic carbocycles. The maximum Gasteiger partial charge on any atom is 0.217 e. The second kappa shape index (κ2) is 5.67. The Morgan fingerprint density at radius 2 is 2.21 bits per heavy atom. The van der Waals surface area contributed by atoms with E-state index in [0.29, 0.717) is 12.1 Å². The second-order valence-corrected chi connectivity index (χ2v) is 3.27. The van der Waals surface area contributed by atoms with Crippen LogP contribution in [0.2, 0.25) is 0 Å². The lowest BCUT2D eigenvalue weighted by molar-refractivity contribution is 0.519. The van der Waals surface area contributed by atoms with Crippen LogP contribution in [0, 0.1) is 5.95 Å². The molecule has 1 rings (SSSR count). The van der Waals surface area contributed by atoms with Crippen molar-refractivity contribution >= 4 is 0 Å². The molecule has 1 aromatic heterocycles. The van der Waals surface area contributed by atoms with E-state index >= 15 is 0 Å². The summed E-state index contributed by atoms with van der Waals surface area (Å²) in [6, 6.07) is 3.10. The lowest BCUT2D eigenvalue weighted by atomic mass is 10.0. The molecular formula is C10H16FN3. The molecule has 3 nitrogen and oxygen atoms in total. The van der Waals surface area contributed by atoms with Gasteiger partial charge in [0.2, 0.25) is 5.95 Å². The van der Waals surface area contributed by atoms with Gasteiger partial charge in [0.05, 0.1) is 0 Å². The first-order valence-corrected chi connectivity index (χ1v) is 4.81. The maximum absolute atomic E-state index is 13.1. The molecule has 0 fully saturated rings. The average Bonchev–Trinajstić information content (AvgIpc) is 2.18. The van der Waals surface area contributed by atoms with Gasteiger partial charge in [-0.05, 0) is 25.5 Å². The average molecular weight is 197 g/mol. The molecule has 0 aliphatic rings. The Balaban J connectivity index is 2.51. The third kappa shape index (κ3) is 3.05. The first-order valence-electron chi connectivity index (χ1n) is 4.81. The monoisotopic (exact) mass is 197 g/mol. The van der Waals surface area contributed by atoms with Gasteiger partial charge in [-0.1, -0.05) is 12.5 Å². The first kappa shape index (κ1) is 11.1. The minimum atomic E-state index is -0.465. The fourth-order valence-corrected chi connectivity index (χ4v) is 1.34. The van der Waals surface area contributed by atoms with Crippen molar-refractivity contribution in [3.8, 4) is 0 Å². The van der Waals surface area contributed by atoms with Crippen LogP contribution in [0.25, 0.3) is 0 Å². The van der Waals surface area contributed by atoms with Gasteiger partial charge in [-0.3, -0.25) is 0 Å². The number of unbranched alkanes of at least 4 members (excludes halogenated alkanes) is 1. The highest BCUT2D eigenvalue weighted by atomic mass is 19.1. The number of aromatic nitrogens is 1.